The number of aliphatic hydroxyl groups is 2. The molecule has 2 rings (SSSR count). The van der Waals surface area contributed by atoms with E-state index in [1.54, 1.807) is 6.08 Å². The van der Waals surface area contributed by atoms with Gasteiger partial charge in [0.15, 0.2) is 0 Å². The standard InChI is InChI=1S/C13H20O2/c14-12-6-2-1-5-11(12)7-10-13(15)8-3-4-9-13/h10,12,14-15H,1-6,8-9H2/t7?,12-/m1/s1. The van der Waals surface area contributed by atoms with Crippen molar-refractivity contribution in [3.05, 3.63) is 17.4 Å². The molecule has 0 amide bonds. The van der Waals surface area contributed by atoms with Crippen molar-refractivity contribution >= 4 is 0 Å². The van der Waals surface area contributed by atoms with E-state index in [0.29, 0.717) is 0 Å². The molecule has 0 bridgehead atoms. The minimum atomic E-state index is -0.635. The first-order chi connectivity index (χ1) is 7.20. The zero-order valence-electron chi connectivity index (χ0n) is 9.21. The van der Waals surface area contributed by atoms with Crippen LogP contribution in [-0.2, 0) is 0 Å². The van der Waals surface area contributed by atoms with E-state index in [1.165, 1.54) is 0 Å². The SMILES string of the molecule is O[C@@H]1CCCCC1=C=CC1(O)CCCC1. The second-order valence-corrected chi connectivity index (χ2v) is 4.89. The van der Waals surface area contributed by atoms with Crippen molar-refractivity contribution < 1.29 is 10.2 Å². The van der Waals surface area contributed by atoms with Crippen LogP contribution in [0.5, 0.6) is 0 Å². The molecule has 0 aromatic carbocycles. The molecular formula is C13H20O2. The van der Waals surface area contributed by atoms with Crippen LogP contribution in [0.15, 0.2) is 17.4 Å². The van der Waals surface area contributed by atoms with Gasteiger partial charge in [-0.2, -0.15) is 0 Å². The Labute approximate surface area is 91.3 Å². The summed E-state index contributed by atoms with van der Waals surface area (Å²) in [5.74, 6) is 0. The van der Waals surface area contributed by atoms with Crippen LogP contribution in [0, 0.1) is 0 Å². The van der Waals surface area contributed by atoms with Gasteiger partial charge in [-0.05, 0) is 43.8 Å². The van der Waals surface area contributed by atoms with Gasteiger partial charge < -0.3 is 10.2 Å². The summed E-state index contributed by atoms with van der Waals surface area (Å²) in [5.41, 5.74) is 3.50. The molecule has 0 spiro atoms. The van der Waals surface area contributed by atoms with Gasteiger partial charge in [-0.3, -0.25) is 0 Å². The van der Waals surface area contributed by atoms with Crippen molar-refractivity contribution in [2.75, 3.05) is 0 Å². The van der Waals surface area contributed by atoms with Crippen LogP contribution in [0.2, 0.25) is 0 Å². The highest BCUT2D eigenvalue weighted by Crippen LogP contribution is 2.31. The summed E-state index contributed by atoms with van der Waals surface area (Å²) in [7, 11) is 0. The van der Waals surface area contributed by atoms with Gasteiger partial charge in [0, 0.05) is 0 Å². The van der Waals surface area contributed by atoms with E-state index in [2.05, 4.69) is 5.73 Å². The third-order valence-electron chi connectivity index (χ3n) is 3.57. The molecule has 2 nitrogen and oxygen atoms in total. The fourth-order valence-electron chi connectivity index (χ4n) is 2.52. The molecule has 84 valence electrons. The molecule has 2 aliphatic carbocycles. The van der Waals surface area contributed by atoms with Gasteiger partial charge in [0.05, 0.1) is 11.7 Å². The first-order valence-electron chi connectivity index (χ1n) is 6.07. The van der Waals surface area contributed by atoms with Gasteiger partial charge in [-0.15, -0.1) is 5.73 Å². The number of aliphatic hydroxyl groups excluding tert-OH is 1. The Morgan fingerprint density at radius 2 is 1.93 bits per heavy atom. The lowest BCUT2D eigenvalue weighted by Crippen LogP contribution is -2.20. The molecule has 2 aliphatic rings. The summed E-state index contributed by atoms with van der Waals surface area (Å²) in [4.78, 5) is 0. The molecule has 0 heterocycles. The minimum absolute atomic E-state index is 0.319. The van der Waals surface area contributed by atoms with E-state index >= 15 is 0 Å². The van der Waals surface area contributed by atoms with Gasteiger partial charge >= 0.3 is 0 Å². The monoisotopic (exact) mass is 208 g/mol. The molecule has 0 saturated heterocycles. The molecule has 15 heavy (non-hydrogen) atoms. The van der Waals surface area contributed by atoms with Gasteiger partial charge in [0.25, 0.3) is 0 Å². The van der Waals surface area contributed by atoms with Crippen LogP contribution in [0.25, 0.3) is 0 Å². The van der Waals surface area contributed by atoms with E-state index in [0.717, 1.165) is 56.9 Å². The number of hydrogen-bond acceptors (Lipinski definition) is 2. The summed E-state index contributed by atoms with van der Waals surface area (Å²) >= 11 is 0. The van der Waals surface area contributed by atoms with Crippen molar-refractivity contribution in [1.29, 1.82) is 0 Å². The number of rotatable bonds is 1. The van der Waals surface area contributed by atoms with E-state index in [4.69, 9.17) is 0 Å². The van der Waals surface area contributed by atoms with Crippen LogP contribution in [0.4, 0.5) is 0 Å². The lowest BCUT2D eigenvalue weighted by molar-refractivity contribution is 0.0992. The first kappa shape index (κ1) is 10.9. The van der Waals surface area contributed by atoms with Crippen molar-refractivity contribution in [3.8, 4) is 0 Å². The summed E-state index contributed by atoms with van der Waals surface area (Å²) in [6, 6.07) is 0. The Kier molecular flexibility index (Phi) is 3.30. The van der Waals surface area contributed by atoms with Crippen LogP contribution in [0.3, 0.4) is 0 Å². The Morgan fingerprint density at radius 1 is 1.20 bits per heavy atom. The second kappa shape index (κ2) is 4.52. The molecule has 0 aromatic heterocycles. The maximum absolute atomic E-state index is 10.1. The van der Waals surface area contributed by atoms with Crippen LogP contribution in [0.1, 0.15) is 51.4 Å². The van der Waals surface area contributed by atoms with E-state index < -0.39 is 5.60 Å². The van der Waals surface area contributed by atoms with Crippen LogP contribution < -0.4 is 0 Å². The third kappa shape index (κ3) is 2.72. The van der Waals surface area contributed by atoms with E-state index in [1.807, 2.05) is 0 Å². The molecular weight excluding hydrogens is 188 g/mol. The third-order valence-corrected chi connectivity index (χ3v) is 3.57. The van der Waals surface area contributed by atoms with Gasteiger partial charge in [-0.1, -0.05) is 19.3 Å². The van der Waals surface area contributed by atoms with Gasteiger partial charge in [0.1, 0.15) is 0 Å². The average molecular weight is 208 g/mol. The second-order valence-electron chi connectivity index (χ2n) is 4.89. The zero-order valence-corrected chi connectivity index (χ0v) is 9.21. The van der Waals surface area contributed by atoms with E-state index in [-0.39, 0.29) is 6.10 Å². The highest BCUT2D eigenvalue weighted by atomic mass is 16.3. The molecule has 1 atom stereocenters. The molecule has 0 unspecified atom stereocenters. The largest absolute Gasteiger partial charge is 0.388 e. The van der Waals surface area contributed by atoms with Crippen molar-refractivity contribution in [1.82, 2.24) is 0 Å². The van der Waals surface area contributed by atoms with Gasteiger partial charge in [0.2, 0.25) is 0 Å². The Hall–Kier alpha value is -0.560. The van der Waals surface area contributed by atoms with Crippen molar-refractivity contribution in [3.63, 3.8) is 0 Å². The number of hydrogen-bond donors (Lipinski definition) is 2. The lowest BCUT2D eigenvalue weighted by atomic mass is 9.92. The first-order valence-corrected chi connectivity index (χ1v) is 6.07. The van der Waals surface area contributed by atoms with E-state index in [9.17, 15) is 10.2 Å². The predicted molar refractivity (Wildman–Crippen MR) is 59.5 cm³/mol. The molecule has 2 fully saturated rings. The highest BCUT2D eigenvalue weighted by Gasteiger charge is 2.28. The Bertz CT molecular complexity index is 281. The maximum Gasteiger partial charge on any atom is 0.0901 e. The molecule has 0 radical (unpaired) electrons. The summed E-state index contributed by atoms with van der Waals surface area (Å²) in [5, 5.41) is 19.8. The van der Waals surface area contributed by atoms with Crippen molar-refractivity contribution in [2.24, 2.45) is 0 Å². The fourth-order valence-corrected chi connectivity index (χ4v) is 2.52. The normalized spacial score (nSPS) is 30.0. The summed E-state index contributed by atoms with van der Waals surface area (Å²) in [6.45, 7) is 0. The summed E-state index contributed by atoms with van der Waals surface area (Å²) in [6.07, 6.45) is 9.43. The smallest absolute Gasteiger partial charge is 0.0901 e. The maximum atomic E-state index is 10.1. The topological polar surface area (TPSA) is 40.5 Å². The van der Waals surface area contributed by atoms with Crippen LogP contribution in [-0.4, -0.2) is 21.9 Å². The average Bonchev–Trinajstić information content (AvgIpc) is 2.65. The molecule has 2 heteroatoms. The van der Waals surface area contributed by atoms with Crippen molar-refractivity contribution in [2.45, 2.75) is 63.1 Å². The molecule has 0 aliphatic heterocycles. The summed E-state index contributed by atoms with van der Waals surface area (Å²) < 4.78 is 0. The Morgan fingerprint density at radius 3 is 2.60 bits per heavy atom. The predicted octanol–water partition coefficient (Wildman–Crippen LogP) is 2.31. The molecule has 2 saturated carbocycles. The lowest BCUT2D eigenvalue weighted by Gasteiger charge is -2.19. The fraction of sp³-hybridized carbons (Fsp3) is 0.769. The Balaban J connectivity index is 2.09. The zero-order chi connectivity index (χ0) is 10.7. The highest BCUT2D eigenvalue weighted by molar-refractivity contribution is 5.14. The van der Waals surface area contributed by atoms with Gasteiger partial charge in [-0.25, -0.2) is 0 Å². The molecule has 0 aromatic rings. The minimum Gasteiger partial charge on any atom is -0.388 e. The van der Waals surface area contributed by atoms with Crippen LogP contribution >= 0.6 is 0 Å². The molecule has 2 N–H and O–H groups in total. The quantitative estimate of drug-likeness (QED) is 0.649.